The summed E-state index contributed by atoms with van der Waals surface area (Å²) in [6.45, 7) is 6.90. The summed E-state index contributed by atoms with van der Waals surface area (Å²) in [4.78, 5) is 22.2. The fourth-order valence-electron chi connectivity index (χ4n) is 5.20. The average molecular weight is 550 g/mol. The van der Waals surface area contributed by atoms with Gasteiger partial charge in [0.1, 0.15) is 17.0 Å². The van der Waals surface area contributed by atoms with Crippen molar-refractivity contribution in [3.63, 3.8) is 0 Å². The Morgan fingerprint density at radius 3 is 2.38 bits per heavy atom. The molecular weight excluding hydrogens is 514 g/mol. The zero-order valence-corrected chi connectivity index (χ0v) is 23.5. The number of carbonyl (C=O) groups is 1. The number of benzene rings is 2. The third kappa shape index (κ3) is 6.76. The Hall–Kier alpha value is -3.46. The number of amides is 1. The molecule has 206 valence electrons. The summed E-state index contributed by atoms with van der Waals surface area (Å²) in [5.74, 6) is 0.728. The lowest BCUT2D eigenvalue weighted by Gasteiger charge is -2.44. The minimum Gasteiger partial charge on any atom is -0.487 e. The van der Waals surface area contributed by atoms with Crippen LogP contribution in [0.25, 0.3) is 11.1 Å². The minimum atomic E-state index is -3.36. The van der Waals surface area contributed by atoms with Crippen LogP contribution in [0.1, 0.15) is 56.9 Å². The number of aryl methyl sites for hydroxylation is 1. The molecule has 0 saturated carbocycles. The highest BCUT2D eigenvalue weighted by atomic mass is 32.2. The van der Waals surface area contributed by atoms with Gasteiger partial charge in [-0.1, -0.05) is 30.3 Å². The fourth-order valence-corrected chi connectivity index (χ4v) is 6.61. The Balaban J connectivity index is 1.21. The topological polar surface area (TPSA) is 98.7 Å². The van der Waals surface area contributed by atoms with Gasteiger partial charge < -0.3 is 14.4 Å². The van der Waals surface area contributed by atoms with E-state index in [2.05, 4.69) is 16.0 Å². The first-order valence-electron chi connectivity index (χ1n) is 13.3. The lowest BCUT2D eigenvalue weighted by atomic mass is 9.82. The van der Waals surface area contributed by atoms with Gasteiger partial charge >= 0.3 is 6.09 Å². The summed E-state index contributed by atoms with van der Waals surface area (Å²) in [5, 5.41) is 0. The Labute approximate surface area is 230 Å². The van der Waals surface area contributed by atoms with Crippen LogP contribution in [0.2, 0.25) is 0 Å². The van der Waals surface area contributed by atoms with Crippen LogP contribution in [-0.4, -0.2) is 53.7 Å². The van der Waals surface area contributed by atoms with Crippen molar-refractivity contribution in [1.82, 2.24) is 14.9 Å². The van der Waals surface area contributed by atoms with Crippen LogP contribution < -0.4 is 4.74 Å². The molecule has 0 aliphatic carbocycles. The Bertz CT molecular complexity index is 1430. The molecule has 3 heterocycles. The maximum Gasteiger partial charge on any atom is 0.410 e. The Morgan fingerprint density at radius 1 is 1.00 bits per heavy atom. The standard InChI is InChI=1S/C30H35N3O5S/c1-29(2,3)38-28(34)33-16-12-30(13-17-33)11-10-25-18-24(8-9-27(25)37-30)23-6-4-22(5-7-23)20-39(35,36)21-26-19-31-14-15-32-26/h4-9,14-15,18-19H,10-13,16-17,20-21H2,1-3H3. The zero-order valence-electron chi connectivity index (χ0n) is 22.7. The van der Waals surface area contributed by atoms with Gasteiger partial charge in [-0.25, -0.2) is 13.2 Å². The number of fused-ring (bicyclic) bond motifs is 1. The van der Waals surface area contributed by atoms with E-state index in [4.69, 9.17) is 9.47 Å². The molecule has 9 heteroatoms. The number of carbonyl (C=O) groups excluding carboxylic acids is 1. The lowest BCUT2D eigenvalue weighted by Crippen LogP contribution is -2.52. The third-order valence-corrected chi connectivity index (χ3v) is 8.73. The first kappa shape index (κ1) is 27.1. The molecule has 1 saturated heterocycles. The van der Waals surface area contributed by atoms with Crippen LogP contribution in [0, 0.1) is 0 Å². The Morgan fingerprint density at radius 2 is 1.72 bits per heavy atom. The monoisotopic (exact) mass is 549 g/mol. The summed E-state index contributed by atoms with van der Waals surface area (Å²) in [7, 11) is -3.36. The van der Waals surface area contributed by atoms with Gasteiger partial charge in [0.05, 0.1) is 17.2 Å². The number of hydrogen-bond donors (Lipinski definition) is 0. The SMILES string of the molecule is CC(C)(C)OC(=O)N1CCC2(CCc3cc(-c4ccc(CS(=O)(=O)Cc5cnccn5)cc4)ccc3O2)CC1. The number of rotatable bonds is 5. The summed E-state index contributed by atoms with van der Waals surface area (Å²) in [6, 6.07) is 13.9. The van der Waals surface area contributed by atoms with Gasteiger partial charge in [-0.2, -0.15) is 0 Å². The van der Waals surface area contributed by atoms with Crippen LogP contribution >= 0.6 is 0 Å². The smallest absolute Gasteiger partial charge is 0.410 e. The van der Waals surface area contributed by atoms with E-state index in [-0.39, 0.29) is 23.2 Å². The molecule has 2 aliphatic rings. The van der Waals surface area contributed by atoms with Gasteiger partial charge in [-0.15, -0.1) is 0 Å². The van der Waals surface area contributed by atoms with Crippen LogP contribution in [-0.2, 0) is 32.5 Å². The van der Waals surface area contributed by atoms with Gasteiger partial charge in [-0.05, 0) is 68.0 Å². The molecule has 2 aromatic carbocycles. The second-order valence-electron chi connectivity index (χ2n) is 11.5. The summed E-state index contributed by atoms with van der Waals surface area (Å²) < 4.78 is 37.3. The van der Waals surface area contributed by atoms with Crippen molar-refractivity contribution in [3.05, 3.63) is 77.9 Å². The Kier molecular flexibility index (Phi) is 7.37. The number of piperidine rings is 1. The predicted octanol–water partition coefficient (Wildman–Crippen LogP) is 5.35. The van der Waals surface area contributed by atoms with Crippen molar-refractivity contribution in [2.45, 2.75) is 69.2 Å². The molecule has 3 aromatic rings. The summed E-state index contributed by atoms with van der Waals surface area (Å²) >= 11 is 0. The van der Waals surface area contributed by atoms with Gasteiger partial charge in [0.25, 0.3) is 0 Å². The predicted molar refractivity (Wildman–Crippen MR) is 149 cm³/mol. The summed E-state index contributed by atoms with van der Waals surface area (Å²) in [6.07, 6.45) is 7.64. The van der Waals surface area contributed by atoms with E-state index in [9.17, 15) is 13.2 Å². The molecule has 2 aliphatic heterocycles. The van der Waals surface area contributed by atoms with Crippen LogP contribution in [0.4, 0.5) is 4.79 Å². The van der Waals surface area contributed by atoms with Crippen molar-refractivity contribution >= 4 is 15.9 Å². The van der Waals surface area contributed by atoms with E-state index in [1.807, 2.05) is 57.2 Å². The molecule has 1 spiro atoms. The molecule has 8 nitrogen and oxygen atoms in total. The highest BCUT2D eigenvalue weighted by Crippen LogP contribution is 2.41. The molecule has 0 N–H and O–H groups in total. The van der Waals surface area contributed by atoms with Crippen molar-refractivity contribution in [2.75, 3.05) is 13.1 Å². The van der Waals surface area contributed by atoms with Gasteiger partial charge in [0.15, 0.2) is 9.84 Å². The molecule has 39 heavy (non-hydrogen) atoms. The van der Waals surface area contributed by atoms with E-state index < -0.39 is 15.4 Å². The number of hydrogen-bond acceptors (Lipinski definition) is 7. The second kappa shape index (κ2) is 10.6. The number of aromatic nitrogens is 2. The van der Waals surface area contributed by atoms with Crippen LogP contribution in [0.3, 0.4) is 0 Å². The number of sulfone groups is 1. The second-order valence-corrected chi connectivity index (χ2v) is 13.6. The van der Waals surface area contributed by atoms with Gasteiger partial charge in [0.2, 0.25) is 0 Å². The van der Waals surface area contributed by atoms with Crippen molar-refractivity contribution in [1.29, 1.82) is 0 Å². The molecule has 0 atom stereocenters. The van der Waals surface area contributed by atoms with Crippen LogP contribution in [0.5, 0.6) is 5.75 Å². The van der Waals surface area contributed by atoms with Crippen LogP contribution in [0.15, 0.2) is 61.1 Å². The third-order valence-electron chi connectivity index (χ3n) is 7.22. The molecular formula is C30H35N3O5S. The minimum absolute atomic E-state index is 0.0463. The van der Waals surface area contributed by atoms with E-state index in [1.165, 1.54) is 24.2 Å². The molecule has 0 unspecified atom stereocenters. The highest BCUT2D eigenvalue weighted by molar-refractivity contribution is 7.89. The van der Waals surface area contributed by atoms with E-state index in [0.717, 1.165) is 48.1 Å². The van der Waals surface area contributed by atoms with Crippen molar-refractivity contribution in [3.8, 4) is 16.9 Å². The fraction of sp³-hybridized carbons (Fsp3) is 0.433. The maximum absolute atomic E-state index is 12.6. The van der Waals surface area contributed by atoms with E-state index >= 15 is 0 Å². The van der Waals surface area contributed by atoms with Gasteiger partial charge in [-0.3, -0.25) is 9.97 Å². The largest absolute Gasteiger partial charge is 0.487 e. The molecule has 0 radical (unpaired) electrons. The molecule has 1 fully saturated rings. The number of likely N-dealkylation sites (tertiary alicyclic amines) is 1. The zero-order chi connectivity index (χ0) is 27.7. The lowest BCUT2D eigenvalue weighted by molar-refractivity contribution is -0.0272. The molecule has 0 bridgehead atoms. The summed E-state index contributed by atoms with van der Waals surface area (Å²) in [5.41, 5.74) is 3.71. The molecule has 1 amide bonds. The van der Waals surface area contributed by atoms with E-state index in [0.29, 0.717) is 18.8 Å². The highest BCUT2D eigenvalue weighted by Gasteiger charge is 2.41. The quantitative estimate of drug-likeness (QED) is 0.423. The number of nitrogens with zero attached hydrogens (tertiary/aromatic N) is 3. The number of ether oxygens (including phenoxy) is 2. The van der Waals surface area contributed by atoms with Crippen molar-refractivity contribution in [2.24, 2.45) is 0 Å². The van der Waals surface area contributed by atoms with Crippen molar-refractivity contribution < 1.29 is 22.7 Å². The first-order chi connectivity index (χ1) is 18.5. The van der Waals surface area contributed by atoms with Gasteiger partial charge in [0, 0.05) is 44.5 Å². The average Bonchev–Trinajstić information content (AvgIpc) is 2.88. The molecule has 1 aromatic heterocycles. The maximum atomic E-state index is 12.6. The normalized spacial score (nSPS) is 16.8. The molecule has 5 rings (SSSR count). The van der Waals surface area contributed by atoms with E-state index in [1.54, 1.807) is 4.90 Å². The first-order valence-corrected chi connectivity index (χ1v) is 15.2.